The number of nitrogens with one attached hydrogen (secondary N) is 1. The van der Waals surface area contributed by atoms with E-state index in [4.69, 9.17) is 0 Å². The van der Waals surface area contributed by atoms with Crippen molar-refractivity contribution in [3.05, 3.63) is 63.3 Å². The van der Waals surface area contributed by atoms with Gasteiger partial charge in [-0.1, -0.05) is 6.07 Å². The fraction of sp³-hybridized carbons (Fsp3) is 0.312. The van der Waals surface area contributed by atoms with E-state index in [0.717, 1.165) is 11.1 Å². The highest BCUT2D eigenvalue weighted by Gasteiger charge is 2.22. The average Bonchev–Trinajstić information content (AvgIpc) is 2.53. The number of aryl methyl sites for hydroxylation is 2. The van der Waals surface area contributed by atoms with Gasteiger partial charge in [-0.25, -0.2) is 4.79 Å². The number of carbonyl (C=O) groups is 1. The summed E-state index contributed by atoms with van der Waals surface area (Å²) in [4.78, 5) is 28.0. The van der Waals surface area contributed by atoms with Gasteiger partial charge in [0.25, 0.3) is 5.56 Å². The first-order valence-electron chi connectivity index (χ1n) is 7.25. The molecule has 6 nitrogen and oxygen atoms in total. The number of carboxylic acids is 1. The first-order valence-corrected chi connectivity index (χ1v) is 7.25. The first-order chi connectivity index (χ1) is 10.7. The van der Waals surface area contributed by atoms with E-state index < -0.39 is 11.5 Å². The summed E-state index contributed by atoms with van der Waals surface area (Å²) in [5, 5.41) is 12.6. The number of carboxylic acid groups (broad SMARTS) is 1. The van der Waals surface area contributed by atoms with Crippen molar-refractivity contribution in [3.8, 4) is 0 Å². The van der Waals surface area contributed by atoms with Gasteiger partial charge in [-0.2, -0.15) is 0 Å². The third-order valence-electron chi connectivity index (χ3n) is 3.92. The Morgan fingerprint density at radius 3 is 2.83 bits per heavy atom. The van der Waals surface area contributed by atoms with Gasteiger partial charge >= 0.3 is 5.97 Å². The molecular formula is C16H19Cl2N3O3. The summed E-state index contributed by atoms with van der Waals surface area (Å²) in [6.07, 6.45) is 6.45. The molecule has 3 heterocycles. The first kappa shape index (κ1) is 20.2. The number of fused-ring (bicyclic) bond motifs is 1. The molecule has 0 unspecified atom stereocenters. The lowest BCUT2D eigenvalue weighted by Crippen LogP contribution is -2.34. The van der Waals surface area contributed by atoms with Crippen LogP contribution in [0.25, 0.3) is 0 Å². The molecule has 130 valence electrons. The zero-order valence-electron chi connectivity index (χ0n) is 12.9. The Morgan fingerprint density at radius 1 is 1.38 bits per heavy atom. The Kier molecular flexibility index (Phi) is 7.41. The highest BCUT2D eigenvalue weighted by Crippen LogP contribution is 2.16. The molecule has 2 aromatic rings. The second-order valence-corrected chi connectivity index (χ2v) is 5.35. The van der Waals surface area contributed by atoms with E-state index in [9.17, 15) is 14.7 Å². The van der Waals surface area contributed by atoms with E-state index in [-0.39, 0.29) is 30.4 Å². The summed E-state index contributed by atoms with van der Waals surface area (Å²) in [6.45, 7) is 1.74. The van der Waals surface area contributed by atoms with Crippen LogP contribution >= 0.6 is 24.8 Å². The van der Waals surface area contributed by atoms with Crippen molar-refractivity contribution in [2.45, 2.75) is 25.9 Å². The molecule has 3 rings (SSSR count). The Labute approximate surface area is 151 Å². The highest BCUT2D eigenvalue weighted by molar-refractivity contribution is 5.89. The molecule has 0 saturated heterocycles. The molecule has 1 aliphatic heterocycles. The van der Waals surface area contributed by atoms with Gasteiger partial charge in [0.1, 0.15) is 5.56 Å². The molecule has 1 aliphatic rings. The van der Waals surface area contributed by atoms with Crippen molar-refractivity contribution in [1.82, 2.24) is 14.9 Å². The number of nitrogens with zero attached hydrogens (tertiary/aromatic N) is 2. The second kappa shape index (κ2) is 8.82. The normalized spacial score (nSPS) is 12.5. The van der Waals surface area contributed by atoms with Gasteiger partial charge in [0.15, 0.2) is 0 Å². The van der Waals surface area contributed by atoms with Gasteiger partial charge in [0.05, 0.1) is 0 Å². The number of hydrogen-bond donors (Lipinski definition) is 2. The quantitative estimate of drug-likeness (QED) is 0.853. The summed E-state index contributed by atoms with van der Waals surface area (Å²) in [5.74, 6) is -1.14. The van der Waals surface area contributed by atoms with E-state index in [1.165, 1.54) is 4.57 Å². The number of hydrogen-bond acceptors (Lipinski definition) is 4. The van der Waals surface area contributed by atoms with Crippen molar-refractivity contribution in [3.63, 3.8) is 0 Å². The molecule has 0 bridgehead atoms. The summed E-state index contributed by atoms with van der Waals surface area (Å²) in [5.41, 5.74) is 2.09. The summed E-state index contributed by atoms with van der Waals surface area (Å²) in [6, 6.07) is 3.79. The number of aromatic carboxylic acids is 1. The molecule has 24 heavy (non-hydrogen) atoms. The third-order valence-corrected chi connectivity index (χ3v) is 3.92. The van der Waals surface area contributed by atoms with Crippen LogP contribution in [0.15, 0.2) is 35.5 Å². The molecule has 0 aromatic carbocycles. The van der Waals surface area contributed by atoms with Crippen LogP contribution in [0, 0.1) is 0 Å². The summed E-state index contributed by atoms with van der Waals surface area (Å²) < 4.78 is 1.50. The van der Waals surface area contributed by atoms with Crippen LogP contribution < -0.4 is 10.9 Å². The van der Waals surface area contributed by atoms with Crippen LogP contribution in [0.3, 0.4) is 0 Å². The molecule has 0 fully saturated rings. The number of aromatic nitrogens is 2. The molecular weight excluding hydrogens is 353 g/mol. The van der Waals surface area contributed by atoms with Crippen LogP contribution in [-0.4, -0.2) is 27.2 Å². The van der Waals surface area contributed by atoms with Crippen LogP contribution in [0.4, 0.5) is 0 Å². The Balaban J connectivity index is 0.00000144. The maximum Gasteiger partial charge on any atom is 0.341 e. The minimum atomic E-state index is -1.14. The maximum atomic E-state index is 12.4. The summed E-state index contributed by atoms with van der Waals surface area (Å²) >= 11 is 0. The van der Waals surface area contributed by atoms with E-state index in [1.54, 1.807) is 18.6 Å². The lowest BCUT2D eigenvalue weighted by Gasteiger charge is -2.20. The smallest absolute Gasteiger partial charge is 0.341 e. The van der Waals surface area contributed by atoms with Crippen LogP contribution in [0.5, 0.6) is 0 Å². The van der Waals surface area contributed by atoms with Crippen molar-refractivity contribution in [2.24, 2.45) is 0 Å². The highest BCUT2D eigenvalue weighted by atomic mass is 35.5. The predicted molar refractivity (Wildman–Crippen MR) is 95.5 cm³/mol. The molecule has 2 N–H and O–H groups in total. The zero-order valence-corrected chi connectivity index (χ0v) is 14.5. The van der Waals surface area contributed by atoms with Crippen molar-refractivity contribution >= 4 is 30.8 Å². The number of rotatable bonds is 4. The number of halogens is 2. The molecule has 2 aromatic heterocycles. The van der Waals surface area contributed by atoms with Crippen molar-refractivity contribution in [1.29, 1.82) is 0 Å². The van der Waals surface area contributed by atoms with Crippen molar-refractivity contribution < 1.29 is 9.90 Å². The molecule has 8 heteroatoms. The van der Waals surface area contributed by atoms with Gasteiger partial charge < -0.3 is 15.0 Å². The molecule has 0 atom stereocenters. The minimum Gasteiger partial charge on any atom is -0.477 e. The van der Waals surface area contributed by atoms with E-state index in [2.05, 4.69) is 10.3 Å². The topological polar surface area (TPSA) is 84.2 Å². The Bertz CT molecular complexity index is 763. The standard InChI is InChI=1S/C16H17N3O3.2ClH/c20-15-14(16(21)22)13-3-6-18-9-12(13)10-19(15)7-4-11-2-1-5-17-8-11;;/h1-2,5,8,10,18H,3-4,6-7,9H2,(H,21,22);2*1H. The van der Waals surface area contributed by atoms with Gasteiger partial charge in [0, 0.05) is 31.7 Å². The van der Waals surface area contributed by atoms with Crippen LogP contribution in [-0.2, 0) is 25.9 Å². The van der Waals surface area contributed by atoms with Crippen LogP contribution in [0.1, 0.15) is 27.0 Å². The Hall–Kier alpha value is -1.89. The van der Waals surface area contributed by atoms with Crippen molar-refractivity contribution in [2.75, 3.05) is 6.54 Å². The average molecular weight is 372 g/mol. The van der Waals surface area contributed by atoms with E-state index >= 15 is 0 Å². The van der Waals surface area contributed by atoms with E-state index in [0.29, 0.717) is 38.0 Å². The third kappa shape index (κ3) is 4.14. The minimum absolute atomic E-state index is 0. The SMILES string of the molecule is Cl.Cl.O=C(O)c1c2c(cn(CCc3cccnc3)c1=O)CNCC2. The summed E-state index contributed by atoms with van der Waals surface area (Å²) in [7, 11) is 0. The lowest BCUT2D eigenvalue weighted by atomic mass is 9.97. The molecule has 0 spiro atoms. The fourth-order valence-corrected chi connectivity index (χ4v) is 2.81. The maximum absolute atomic E-state index is 12.4. The molecule has 0 radical (unpaired) electrons. The molecule has 0 amide bonds. The molecule has 0 aliphatic carbocycles. The zero-order chi connectivity index (χ0) is 15.5. The Morgan fingerprint density at radius 2 is 2.17 bits per heavy atom. The second-order valence-electron chi connectivity index (χ2n) is 5.35. The van der Waals surface area contributed by atoms with Gasteiger partial charge in [-0.05, 0) is 42.1 Å². The lowest BCUT2D eigenvalue weighted by molar-refractivity contribution is 0.0692. The van der Waals surface area contributed by atoms with Crippen LogP contribution in [0.2, 0.25) is 0 Å². The number of pyridine rings is 2. The monoisotopic (exact) mass is 371 g/mol. The van der Waals surface area contributed by atoms with Gasteiger partial charge in [0.2, 0.25) is 0 Å². The van der Waals surface area contributed by atoms with Gasteiger partial charge in [-0.3, -0.25) is 9.78 Å². The fourth-order valence-electron chi connectivity index (χ4n) is 2.81. The van der Waals surface area contributed by atoms with Gasteiger partial charge in [-0.15, -0.1) is 24.8 Å². The molecule has 0 saturated carbocycles. The largest absolute Gasteiger partial charge is 0.477 e. The van der Waals surface area contributed by atoms with E-state index in [1.807, 2.05) is 12.1 Å². The predicted octanol–water partition coefficient (Wildman–Crippen LogP) is 1.67.